The highest BCUT2D eigenvalue weighted by molar-refractivity contribution is 7.88. The summed E-state index contributed by atoms with van der Waals surface area (Å²) in [5.74, 6) is -0.280. The Hall–Kier alpha value is -1.40. The molecular weight excluding hydrogens is 288 g/mol. The Labute approximate surface area is 127 Å². The zero-order valence-corrected chi connectivity index (χ0v) is 13.7. The molecule has 0 bridgehead atoms. The van der Waals surface area contributed by atoms with Crippen LogP contribution in [0.4, 0.5) is 0 Å². The summed E-state index contributed by atoms with van der Waals surface area (Å²) in [7, 11) is -3.35. The molecule has 0 aliphatic rings. The quantitative estimate of drug-likeness (QED) is 0.794. The number of unbranched alkanes of at least 4 members (excludes halogenated alkanes) is 1. The van der Waals surface area contributed by atoms with Crippen molar-refractivity contribution >= 4 is 15.9 Å². The lowest BCUT2D eigenvalue weighted by Gasteiger charge is -2.19. The molecule has 0 aliphatic carbocycles. The SMILES string of the molecule is CCCCN(CC(=O)NCc1cccc(C)c1)S(C)(=O)=O. The number of hydrogen-bond donors (Lipinski definition) is 1. The number of benzene rings is 1. The minimum Gasteiger partial charge on any atom is -0.351 e. The average molecular weight is 312 g/mol. The first-order valence-electron chi connectivity index (χ1n) is 7.10. The number of sulfonamides is 1. The Kier molecular flexibility index (Phi) is 6.84. The third kappa shape index (κ3) is 6.73. The van der Waals surface area contributed by atoms with E-state index >= 15 is 0 Å². The first-order valence-corrected chi connectivity index (χ1v) is 8.95. The van der Waals surface area contributed by atoms with Crippen molar-refractivity contribution in [3.05, 3.63) is 35.4 Å². The van der Waals surface area contributed by atoms with E-state index in [1.807, 2.05) is 38.1 Å². The van der Waals surface area contributed by atoms with Crippen LogP contribution < -0.4 is 5.32 Å². The Morgan fingerprint density at radius 1 is 1.33 bits per heavy atom. The Balaban J connectivity index is 2.54. The van der Waals surface area contributed by atoms with Crippen molar-refractivity contribution in [2.75, 3.05) is 19.3 Å². The number of nitrogens with one attached hydrogen (secondary N) is 1. The van der Waals surface area contributed by atoms with Crippen LogP contribution in [0.1, 0.15) is 30.9 Å². The van der Waals surface area contributed by atoms with Crippen molar-refractivity contribution in [2.45, 2.75) is 33.2 Å². The second kappa shape index (κ2) is 8.14. The summed E-state index contributed by atoms with van der Waals surface area (Å²) in [6.45, 7) is 4.64. The fourth-order valence-electron chi connectivity index (χ4n) is 1.94. The van der Waals surface area contributed by atoms with Crippen LogP contribution in [0.25, 0.3) is 0 Å². The molecule has 5 nitrogen and oxygen atoms in total. The number of carbonyl (C=O) groups is 1. The van der Waals surface area contributed by atoms with E-state index in [0.29, 0.717) is 13.1 Å². The predicted octanol–water partition coefficient (Wildman–Crippen LogP) is 1.67. The van der Waals surface area contributed by atoms with Crippen molar-refractivity contribution in [2.24, 2.45) is 0 Å². The van der Waals surface area contributed by atoms with Crippen molar-refractivity contribution in [1.29, 1.82) is 0 Å². The van der Waals surface area contributed by atoms with E-state index in [-0.39, 0.29) is 12.5 Å². The first-order chi connectivity index (χ1) is 9.82. The minimum atomic E-state index is -3.35. The molecule has 21 heavy (non-hydrogen) atoms. The van der Waals surface area contributed by atoms with Gasteiger partial charge in [0.25, 0.3) is 0 Å². The van der Waals surface area contributed by atoms with Crippen LogP contribution in [0.3, 0.4) is 0 Å². The molecule has 1 aromatic carbocycles. The van der Waals surface area contributed by atoms with Gasteiger partial charge in [0.05, 0.1) is 12.8 Å². The highest BCUT2D eigenvalue weighted by atomic mass is 32.2. The lowest BCUT2D eigenvalue weighted by molar-refractivity contribution is -0.121. The Morgan fingerprint density at radius 2 is 2.05 bits per heavy atom. The van der Waals surface area contributed by atoms with Gasteiger partial charge >= 0.3 is 0 Å². The highest BCUT2D eigenvalue weighted by Gasteiger charge is 2.19. The molecule has 0 radical (unpaired) electrons. The van der Waals surface area contributed by atoms with E-state index in [4.69, 9.17) is 0 Å². The van der Waals surface area contributed by atoms with Crippen LogP contribution >= 0.6 is 0 Å². The van der Waals surface area contributed by atoms with Gasteiger partial charge in [0, 0.05) is 13.1 Å². The van der Waals surface area contributed by atoms with Gasteiger partial charge in [-0.15, -0.1) is 0 Å². The lowest BCUT2D eigenvalue weighted by atomic mass is 10.1. The van der Waals surface area contributed by atoms with Crippen LogP contribution in [0.15, 0.2) is 24.3 Å². The zero-order valence-electron chi connectivity index (χ0n) is 12.9. The topological polar surface area (TPSA) is 66.5 Å². The number of rotatable bonds is 8. The summed E-state index contributed by atoms with van der Waals surface area (Å²) >= 11 is 0. The van der Waals surface area contributed by atoms with Gasteiger partial charge < -0.3 is 5.32 Å². The molecular formula is C15H24N2O3S. The van der Waals surface area contributed by atoms with Gasteiger partial charge in [0.15, 0.2) is 0 Å². The van der Waals surface area contributed by atoms with Crippen LogP contribution in [0.5, 0.6) is 0 Å². The lowest BCUT2D eigenvalue weighted by Crippen LogP contribution is -2.40. The third-order valence-corrected chi connectivity index (χ3v) is 4.37. The molecule has 0 unspecified atom stereocenters. The van der Waals surface area contributed by atoms with E-state index in [1.54, 1.807) is 0 Å². The van der Waals surface area contributed by atoms with Gasteiger partial charge in [-0.3, -0.25) is 4.79 Å². The van der Waals surface area contributed by atoms with E-state index in [9.17, 15) is 13.2 Å². The van der Waals surface area contributed by atoms with E-state index in [1.165, 1.54) is 4.31 Å². The molecule has 1 aromatic rings. The normalized spacial score (nSPS) is 11.6. The van der Waals surface area contributed by atoms with E-state index in [2.05, 4.69) is 5.32 Å². The maximum atomic E-state index is 11.9. The molecule has 0 fully saturated rings. The second-order valence-electron chi connectivity index (χ2n) is 5.22. The zero-order chi connectivity index (χ0) is 15.9. The number of amides is 1. The van der Waals surface area contributed by atoms with Gasteiger partial charge in [-0.25, -0.2) is 8.42 Å². The molecule has 118 valence electrons. The number of hydrogen-bond acceptors (Lipinski definition) is 3. The average Bonchev–Trinajstić information content (AvgIpc) is 2.40. The maximum Gasteiger partial charge on any atom is 0.235 e. The fourth-order valence-corrected chi connectivity index (χ4v) is 2.75. The molecule has 0 saturated carbocycles. The van der Waals surface area contributed by atoms with Gasteiger partial charge in [-0.05, 0) is 18.9 Å². The molecule has 0 heterocycles. The number of carbonyl (C=O) groups excluding carboxylic acids is 1. The van der Waals surface area contributed by atoms with Crippen molar-refractivity contribution in [3.8, 4) is 0 Å². The van der Waals surface area contributed by atoms with Gasteiger partial charge in [-0.1, -0.05) is 43.2 Å². The van der Waals surface area contributed by atoms with E-state index < -0.39 is 10.0 Å². The van der Waals surface area contributed by atoms with Crippen LogP contribution in [-0.4, -0.2) is 38.0 Å². The van der Waals surface area contributed by atoms with Crippen molar-refractivity contribution in [1.82, 2.24) is 9.62 Å². The molecule has 1 N–H and O–H groups in total. The molecule has 0 aromatic heterocycles. The Bertz CT molecular complexity index is 570. The summed E-state index contributed by atoms with van der Waals surface area (Å²) in [5, 5.41) is 2.76. The van der Waals surface area contributed by atoms with Crippen molar-refractivity contribution < 1.29 is 13.2 Å². The largest absolute Gasteiger partial charge is 0.351 e. The standard InChI is InChI=1S/C15H24N2O3S/c1-4-5-9-17(21(3,19)20)12-15(18)16-11-14-8-6-7-13(2)10-14/h6-8,10H,4-5,9,11-12H2,1-3H3,(H,16,18). The van der Waals surface area contributed by atoms with Crippen LogP contribution in [0.2, 0.25) is 0 Å². The summed E-state index contributed by atoms with van der Waals surface area (Å²) in [5.41, 5.74) is 2.13. The summed E-state index contributed by atoms with van der Waals surface area (Å²) in [6, 6.07) is 7.84. The second-order valence-corrected chi connectivity index (χ2v) is 7.20. The van der Waals surface area contributed by atoms with Crippen LogP contribution in [0, 0.1) is 6.92 Å². The minimum absolute atomic E-state index is 0.120. The van der Waals surface area contributed by atoms with E-state index in [0.717, 1.165) is 30.2 Å². The summed E-state index contributed by atoms with van der Waals surface area (Å²) in [6.07, 6.45) is 2.77. The summed E-state index contributed by atoms with van der Waals surface area (Å²) < 4.78 is 24.5. The highest BCUT2D eigenvalue weighted by Crippen LogP contribution is 2.04. The molecule has 0 aliphatic heterocycles. The van der Waals surface area contributed by atoms with Crippen molar-refractivity contribution in [3.63, 3.8) is 0 Å². The smallest absolute Gasteiger partial charge is 0.235 e. The summed E-state index contributed by atoms with van der Waals surface area (Å²) in [4.78, 5) is 11.9. The predicted molar refractivity (Wildman–Crippen MR) is 84.4 cm³/mol. The number of aryl methyl sites for hydroxylation is 1. The molecule has 0 saturated heterocycles. The molecule has 0 spiro atoms. The maximum absolute atomic E-state index is 11.9. The molecule has 6 heteroatoms. The van der Waals surface area contributed by atoms with Gasteiger partial charge in [0.1, 0.15) is 0 Å². The monoisotopic (exact) mass is 312 g/mol. The molecule has 1 amide bonds. The third-order valence-electron chi connectivity index (χ3n) is 3.12. The Morgan fingerprint density at radius 3 is 2.62 bits per heavy atom. The van der Waals surface area contributed by atoms with Gasteiger partial charge in [-0.2, -0.15) is 4.31 Å². The molecule has 0 atom stereocenters. The molecule has 1 rings (SSSR count). The van der Waals surface area contributed by atoms with Gasteiger partial charge in [0.2, 0.25) is 15.9 Å². The number of nitrogens with zero attached hydrogens (tertiary/aromatic N) is 1. The van der Waals surface area contributed by atoms with Crippen LogP contribution in [-0.2, 0) is 21.4 Å². The fraction of sp³-hybridized carbons (Fsp3) is 0.533. The first kappa shape index (κ1) is 17.7.